The van der Waals surface area contributed by atoms with E-state index in [9.17, 15) is 13.2 Å². The van der Waals surface area contributed by atoms with E-state index < -0.39 is 11.7 Å². The molecule has 30 heavy (non-hydrogen) atoms. The average Bonchev–Trinajstić information content (AvgIpc) is 3.42. The Hall–Kier alpha value is -3.45. The van der Waals surface area contributed by atoms with Gasteiger partial charge in [-0.2, -0.15) is 18.3 Å². The zero-order chi connectivity index (χ0) is 20.7. The fraction of sp³-hybridized carbons (Fsp3) is 0.0435. The average molecular weight is 421 g/mol. The standard InChI is InChI=1S/C23H14F3N3S/c24-23(25,26)17-14-18(19-12-7-13-30-19)27-22-20(17)21(15-8-3-1-4-9-15)28-29(22)16-10-5-2-6-11-16/h1-14H. The number of alkyl halides is 3. The molecule has 7 heteroatoms. The predicted molar refractivity (Wildman–Crippen MR) is 113 cm³/mol. The maximum Gasteiger partial charge on any atom is 0.417 e. The lowest BCUT2D eigenvalue weighted by molar-refractivity contribution is -0.136. The van der Waals surface area contributed by atoms with Crippen molar-refractivity contribution >= 4 is 22.4 Å². The summed E-state index contributed by atoms with van der Waals surface area (Å²) in [5, 5.41) is 6.40. The first-order valence-electron chi connectivity index (χ1n) is 9.18. The Morgan fingerprint density at radius 1 is 0.833 bits per heavy atom. The van der Waals surface area contributed by atoms with Crippen molar-refractivity contribution in [1.82, 2.24) is 14.8 Å². The maximum absolute atomic E-state index is 14.2. The van der Waals surface area contributed by atoms with E-state index in [2.05, 4.69) is 10.1 Å². The third-order valence-corrected chi connectivity index (χ3v) is 5.66. The highest BCUT2D eigenvalue weighted by molar-refractivity contribution is 7.13. The number of thiophene rings is 1. The third-order valence-electron chi connectivity index (χ3n) is 4.76. The molecule has 0 atom stereocenters. The van der Waals surface area contributed by atoms with Gasteiger partial charge in [0.1, 0.15) is 5.69 Å². The fourth-order valence-corrected chi connectivity index (χ4v) is 4.12. The van der Waals surface area contributed by atoms with Gasteiger partial charge in [-0.15, -0.1) is 11.3 Å². The van der Waals surface area contributed by atoms with Crippen molar-refractivity contribution in [1.29, 1.82) is 0 Å². The summed E-state index contributed by atoms with van der Waals surface area (Å²) in [6, 6.07) is 22.7. The molecule has 0 radical (unpaired) electrons. The zero-order valence-electron chi connectivity index (χ0n) is 15.5. The summed E-state index contributed by atoms with van der Waals surface area (Å²) in [7, 11) is 0. The van der Waals surface area contributed by atoms with Gasteiger partial charge in [0.15, 0.2) is 5.65 Å². The molecular formula is C23H14F3N3S. The summed E-state index contributed by atoms with van der Waals surface area (Å²) >= 11 is 1.35. The number of halogens is 3. The Morgan fingerprint density at radius 2 is 1.53 bits per heavy atom. The largest absolute Gasteiger partial charge is 0.417 e. The van der Waals surface area contributed by atoms with Crippen LogP contribution in [-0.4, -0.2) is 14.8 Å². The maximum atomic E-state index is 14.2. The van der Waals surface area contributed by atoms with Crippen LogP contribution < -0.4 is 0 Å². The van der Waals surface area contributed by atoms with Crippen molar-refractivity contribution in [2.75, 3.05) is 0 Å². The number of rotatable bonds is 3. The van der Waals surface area contributed by atoms with Gasteiger partial charge >= 0.3 is 6.18 Å². The van der Waals surface area contributed by atoms with Crippen LogP contribution >= 0.6 is 11.3 Å². The number of aromatic nitrogens is 3. The molecule has 0 aliphatic heterocycles. The Morgan fingerprint density at radius 3 is 2.17 bits per heavy atom. The summed E-state index contributed by atoms with van der Waals surface area (Å²) < 4.78 is 44.0. The van der Waals surface area contributed by atoms with Crippen LogP contribution in [0.2, 0.25) is 0 Å². The molecule has 3 heterocycles. The highest BCUT2D eigenvalue weighted by atomic mass is 32.1. The summed E-state index contributed by atoms with van der Waals surface area (Å²) in [5.41, 5.74) is 1.23. The molecule has 3 aromatic heterocycles. The molecule has 5 rings (SSSR count). The van der Waals surface area contributed by atoms with E-state index in [1.54, 1.807) is 48.5 Å². The smallest absolute Gasteiger partial charge is 0.227 e. The van der Waals surface area contributed by atoms with Crippen molar-refractivity contribution in [3.8, 4) is 27.5 Å². The summed E-state index contributed by atoms with van der Waals surface area (Å²) in [6.45, 7) is 0. The van der Waals surface area contributed by atoms with Gasteiger partial charge in [0.05, 0.1) is 27.2 Å². The second kappa shape index (κ2) is 7.11. The minimum Gasteiger partial charge on any atom is -0.227 e. The molecule has 0 unspecified atom stereocenters. The number of hydrogen-bond acceptors (Lipinski definition) is 3. The minimum absolute atomic E-state index is 0.00198. The molecule has 0 amide bonds. The molecule has 0 bridgehead atoms. The van der Waals surface area contributed by atoms with Crippen LogP contribution in [-0.2, 0) is 6.18 Å². The van der Waals surface area contributed by atoms with Gasteiger partial charge in [-0.25, -0.2) is 9.67 Å². The van der Waals surface area contributed by atoms with Gasteiger partial charge in [-0.05, 0) is 29.6 Å². The normalized spacial score (nSPS) is 11.8. The predicted octanol–water partition coefficient (Wildman–Crippen LogP) is 6.83. The molecule has 2 aromatic carbocycles. The van der Waals surface area contributed by atoms with Gasteiger partial charge in [0.25, 0.3) is 0 Å². The van der Waals surface area contributed by atoms with Gasteiger partial charge in [-0.3, -0.25) is 0 Å². The summed E-state index contributed by atoms with van der Waals surface area (Å²) in [4.78, 5) is 5.30. The van der Waals surface area contributed by atoms with Crippen LogP contribution in [0.15, 0.2) is 84.2 Å². The molecular weight excluding hydrogens is 407 g/mol. The summed E-state index contributed by atoms with van der Waals surface area (Å²) in [5.74, 6) is 0. The van der Waals surface area contributed by atoms with Crippen LogP contribution in [0.5, 0.6) is 0 Å². The SMILES string of the molecule is FC(F)(F)c1cc(-c2cccs2)nc2c1c(-c1ccccc1)nn2-c1ccccc1. The molecule has 0 saturated carbocycles. The topological polar surface area (TPSA) is 30.7 Å². The fourth-order valence-electron chi connectivity index (χ4n) is 3.44. The third kappa shape index (κ3) is 3.17. The van der Waals surface area contributed by atoms with Crippen molar-refractivity contribution < 1.29 is 13.2 Å². The van der Waals surface area contributed by atoms with Crippen LogP contribution in [0.1, 0.15) is 5.56 Å². The van der Waals surface area contributed by atoms with E-state index in [1.807, 2.05) is 29.6 Å². The first-order valence-corrected chi connectivity index (χ1v) is 10.1. The number of nitrogens with zero attached hydrogens (tertiary/aromatic N) is 3. The van der Waals surface area contributed by atoms with E-state index >= 15 is 0 Å². The molecule has 0 saturated heterocycles. The van der Waals surface area contributed by atoms with Crippen LogP contribution in [0, 0.1) is 0 Å². The van der Waals surface area contributed by atoms with Gasteiger partial charge in [0, 0.05) is 5.56 Å². The van der Waals surface area contributed by atoms with E-state index in [0.29, 0.717) is 16.1 Å². The van der Waals surface area contributed by atoms with E-state index in [1.165, 1.54) is 16.0 Å². The quantitative estimate of drug-likeness (QED) is 0.319. The van der Waals surface area contributed by atoms with E-state index in [-0.39, 0.29) is 22.4 Å². The first kappa shape index (κ1) is 18.6. The second-order valence-corrected chi connectivity index (χ2v) is 7.64. The van der Waals surface area contributed by atoms with E-state index in [4.69, 9.17) is 0 Å². The van der Waals surface area contributed by atoms with Crippen LogP contribution in [0.3, 0.4) is 0 Å². The summed E-state index contributed by atoms with van der Waals surface area (Å²) in [6.07, 6.45) is -4.55. The molecule has 5 aromatic rings. The van der Waals surface area contributed by atoms with Crippen LogP contribution in [0.25, 0.3) is 38.5 Å². The molecule has 3 nitrogen and oxygen atoms in total. The Labute approximate surface area is 174 Å². The lowest BCUT2D eigenvalue weighted by Gasteiger charge is -2.11. The van der Waals surface area contributed by atoms with Gasteiger partial charge in [0.2, 0.25) is 0 Å². The second-order valence-electron chi connectivity index (χ2n) is 6.69. The van der Waals surface area contributed by atoms with E-state index in [0.717, 1.165) is 6.07 Å². The van der Waals surface area contributed by atoms with Crippen LogP contribution in [0.4, 0.5) is 13.2 Å². The van der Waals surface area contributed by atoms with Crippen molar-refractivity contribution in [3.63, 3.8) is 0 Å². The van der Waals surface area contributed by atoms with Crippen molar-refractivity contribution in [3.05, 3.63) is 89.8 Å². The van der Waals surface area contributed by atoms with Crippen molar-refractivity contribution in [2.24, 2.45) is 0 Å². The zero-order valence-corrected chi connectivity index (χ0v) is 16.3. The molecule has 148 valence electrons. The Balaban J connectivity index is 1.92. The number of pyridine rings is 1. The lowest BCUT2D eigenvalue weighted by Crippen LogP contribution is -2.07. The molecule has 0 N–H and O–H groups in total. The first-order chi connectivity index (χ1) is 14.5. The van der Waals surface area contributed by atoms with Gasteiger partial charge in [-0.1, -0.05) is 54.6 Å². The van der Waals surface area contributed by atoms with Crippen molar-refractivity contribution in [2.45, 2.75) is 6.18 Å². The Bertz CT molecular complexity index is 1310. The highest BCUT2D eigenvalue weighted by Gasteiger charge is 2.36. The number of hydrogen-bond donors (Lipinski definition) is 0. The number of para-hydroxylation sites is 1. The lowest BCUT2D eigenvalue weighted by atomic mass is 10.0. The molecule has 0 aliphatic rings. The molecule has 0 fully saturated rings. The number of benzene rings is 2. The molecule has 0 spiro atoms. The number of fused-ring (bicyclic) bond motifs is 1. The molecule has 0 aliphatic carbocycles. The van der Waals surface area contributed by atoms with Gasteiger partial charge < -0.3 is 0 Å². The minimum atomic E-state index is -4.55. The Kier molecular flexibility index (Phi) is 4.40. The monoisotopic (exact) mass is 421 g/mol. The highest BCUT2D eigenvalue weighted by Crippen LogP contribution is 2.41.